The molecule has 2 rings (SSSR count). The molecule has 100 valence electrons. The Morgan fingerprint density at radius 3 is 2.58 bits per heavy atom. The molecular weight excluding hydrogens is 402 g/mol. The van der Waals surface area contributed by atoms with Gasteiger partial charge in [0.1, 0.15) is 4.88 Å². The number of ketones is 1. The van der Waals surface area contributed by atoms with Gasteiger partial charge in [-0.2, -0.15) is 0 Å². The summed E-state index contributed by atoms with van der Waals surface area (Å²) in [7, 11) is 1.24. The zero-order valence-corrected chi connectivity index (χ0v) is 13.8. The van der Waals surface area contributed by atoms with Crippen molar-refractivity contribution in [2.75, 3.05) is 7.11 Å². The van der Waals surface area contributed by atoms with Gasteiger partial charge in [0.15, 0.2) is 26.9 Å². The molecule has 19 heavy (non-hydrogen) atoms. The van der Waals surface area contributed by atoms with Gasteiger partial charge in [-0.3, -0.25) is 4.79 Å². The Morgan fingerprint density at radius 1 is 1.42 bits per heavy atom. The average molecular weight is 409 g/mol. The predicted molar refractivity (Wildman–Crippen MR) is 76.6 cm³/mol. The maximum atomic E-state index is 11.6. The van der Waals surface area contributed by atoms with Gasteiger partial charge in [0.2, 0.25) is 0 Å². The van der Waals surface area contributed by atoms with Crippen LogP contribution in [-0.4, -0.2) is 23.8 Å². The van der Waals surface area contributed by atoms with Crippen molar-refractivity contribution >= 4 is 54.9 Å². The van der Waals surface area contributed by atoms with E-state index in [0.717, 1.165) is 15.8 Å². The topological polar surface area (TPSA) is 69.4 Å². The van der Waals surface area contributed by atoms with Crippen LogP contribution >= 0.6 is 43.2 Å². The molecule has 0 fully saturated rings. The Balaban J connectivity index is 2.54. The molecule has 0 amide bonds. The Bertz CT molecular complexity index is 642. The van der Waals surface area contributed by atoms with E-state index in [1.54, 1.807) is 6.07 Å². The number of rotatable bonds is 3. The van der Waals surface area contributed by atoms with Crippen molar-refractivity contribution < 1.29 is 18.7 Å². The van der Waals surface area contributed by atoms with Crippen molar-refractivity contribution in [3.8, 4) is 10.8 Å². The Morgan fingerprint density at radius 2 is 2.11 bits per heavy atom. The fraction of sp³-hybridized carbons (Fsp3) is 0.182. The number of hydrogen-bond donors (Lipinski definition) is 0. The summed E-state index contributed by atoms with van der Waals surface area (Å²) in [5, 5.41) is 0.442. The van der Waals surface area contributed by atoms with Gasteiger partial charge in [-0.25, -0.2) is 9.78 Å². The van der Waals surface area contributed by atoms with E-state index < -0.39 is 5.97 Å². The standard InChI is InChI=1S/C11H7Br2NO4S/c1-4(15)8-7(11(16)17-2)14-10(19-8)6-3-5(12)9(13)18-6/h3H,1-2H3. The maximum Gasteiger partial charge on any atom is 0.358 e. The van der Waals surface area contributed by atoms with Gasteiger partial charge in [-0.1, -0.05) is 0 Å². The fourth-order valence-corrected chi connectivity index (χ4v) is 2.83. The number of methoxy groups -OCH3 is 1. The number of carbonyl (C=O) groups excluding carboxylic acids is 2. The van der Waals surface area contributed by atoms with Crippen molar-refractivity contribution in [3.63, 3.8) is 0 Å². The molecule has 0 radical (unpaired) electrons. The lowest BCUT2D eigenvalue weighted by molar-refractivity contribution is 0.0591. The molecule has 0 unspecified atom stereocenters. The minimum absolute atomic E-state index is 0.0126. The van der Waals surface area contributed by atoms with Gasteiger partial charge >= 0.3 is 5.97 Å². The Kier molecular flexibility index (Phi) is 4.22. The lowest BCUT2D eigenvalue weighted by Crippen LogP contribution is -2.06. The minimum atomic E-state index is -0.641. The van der Waals surface area contributed by atoms with Crippen LogP contribution in [0, 0.1) is 0 Å². The van der Waals surface area contributed by atoms with Crippen LogP contribution < -0.4 is 0 Å². The van der Waals surface area contributed by atoms with Crippen LogP contribution in [0.2, 0.25) is 0 Å². The highest BCUT2D eigenvalue weighted by Gasteiger charge is 2.24. The first-order valence-electron chi connectivity index (χ1n) is 4.99. The van der Waals surface area contributed by atoms with Crippen LogP contribution in [0.1, 0.15) is 27.1 Å². The van der Waals surface area contributed by atoms with Crippen LogP contribution in [0.4, 0.5) is 0 Å². The summed E-state index contributed by atoms with van der Waals surface area (Å²) in [5.74, 6) is -0.423. The highest BCUT2D eigenvalue weighted by molar-refractivity contribution is 9.13. The number of nitrogens with zero attached hydrogens (tertiary/aromatic N) is 1. The molecule has 0 saturated carbocycles. The Labute approximate surface area is 129 Å². The van der Waals surface area contributed by atoms with E-state index in [-0.39, 0.29) is 16.4 Å². The second-order valence-electron chi connectivity index (χ2n) is 3.48. The first-order chi connectivity index (χ1) is 8.93. The van der Waals surface area contributed by atoms with Crippen molar-refractivity contribution in [2.45, 2.75) is 6.92 Å². The smallest absolute Gasteiger partial charge is 0.358 e. The molecule has 0 aliphatic rings. The summed E-state index contributed by atoms with van der Waals surface area (Å²) in [6.07, 6.45) is 0. The zero-order chi connectivity index (χ0) is 14.2. The van der Waals surface area contributed by atoms with E-state index in [4.69, 9.17) is 4.42 Å². The van der Waals surface area contributed by atoms with E-state index in [9.17, 15) is 9.59 Å². The number of halogens is 2. The van der Waals surface area contributed by atoms with Crippen molar-refractivity contribution in [1.82, 2.24) is 4.98 Å². The normalized spacial score (nSPS) is 10.5. The third-order valence-electron chi connectivity index (χ3n) is 2.18. The molecule has 0 aromatic carbocycles. The molecule has 0 aliphatic carbocycles. The van der Waals surface area contributed by atoms with Gasteiger partial charge < -0.3 is 9.15 Å². The van der Waals surface area contributed by atoms with E-state index >= 15 is 0 Å². The van der Waals surface area contributed by atoms with E-state index in [0.29, 0.717) is 15.4 Å². The van der Waals surface area contributed by atoms with Gasteiger partial charge in [-0.05, 0) is 31.9 Å². The first-order valence-corrected chi connectivity index (χ1v) is 7.39. The van der Waals surface area contributed by atoms with Gasteiger partial charge in [-0.15, -0.1) is 11.3 Å². The summed E-state index contributed by atoms with van der Waals surface area (Å²) in [4.78, 5) is 27.5. The number of esters is 1. The molecule has 0 saturated heterocycles. The number of aromatic nitrogens is 1. The maximum absolute atomic E-state index is 11.6. The lowest BCUT2D eigenvalue weighted by Gasteiger charge is -1.95. The average Bonchev–Trinajstić information content (AvgIpc) is 2.93. The highest BCUT2D eigenvalue weighted by atomic mass is 79.9. The van der Waals surface area contributed by atoms with E-state index in [1.165, 1.54) is 14.0 Å². The highest BCUT2D eigenvalue weighted by Crippen LogP contribution is 2.35. The molecular formula is C11H7Br2NO4S. The molecule has 0 spiro atoms. The van der Waals surface area contributed by atoms with Crippen molar-refractivity contribution in [1.29, 1.82) is 0 Å². The SMILES string of the molecule is COC(=O)c1nc(-c2cc(Br)c(Br)o2)sc1C(C)=O. The molecule has 5 nitrogen and oxygen atoms in total. The molecule has 0 bridgehead atoms. The fourth-order valence-electron chi connectivity index (χ4n) is 1.35. The number of furan rings is 1. The van der Waals surface area contributed by atoms with Crippen LogP contribution in [0.5, 0.6) is 0 Å². The molecule has 2 aromatic rings. The second-order valence-corrected chi connectivity index (χ2v) is 6.05. The van der Waals surface area contributed by atoms with E-state index in [2.05, 4.69) is 41.6 Å². The molecule has 0 N–H and O–H groups in total. The third kappa shape index (κ3) is 2.80. The van der Waals surface area contributed by atoms with Gasteiger partial charge in [0.25, 0.3) is 0 Å². The van der Waals surface area contributed by atoms with Gasteiger partial charge in [0, 0.05) is 13.0 Å². The first kappa shape index (κ1) is 14.4. The third-order valence-corrected chi connectivity index (χ3v) is 5.06. The summed E-state index contributed by atoms with van der Waals surface area (Å²) < 4.78 is 11.3. The van der Waals surface area contributed by atoms with Crippen molar-refractivity contribution in [2.24, 2.45) is 0 Å². The molecule has 0 atom stereocenters. The molecule has 2 aromatic heterocycles. The number of Topliss-reactive ketones (excluding diaryl/α,β-unsaturated/α-hetero) is 1. The molecule has 8 heteroatoms. The number of thiazole rings is 1. The molecule has 2 heterocycles. The number of ether oxygens (including phenoxy) is 1. The number of carbonyl (C=O) groups is 2. The summed E-state index contributed by atoms with van der Waals surface area (Å²) in [6.45, 7) is 1.37. The summed E-state index contributed by atoms with van der Waals surface area (Å²) in [6, 6.07) is 1.70. The predicted octanol–water partition coefficient (Wildman–Crippen LogP) is 3.92. The van der Waals surface area contributed by atoms with Crippen LogP contribution in [0.25, 0.3) is 10.8 Å². The Hall–Kier alpha value is -0.990. The zero-order valence-electron chi connectivity index (χ0n) is 9.82. The van der Waals surface area contributed by atoms with Crippen LogP contribution in [0.3, 0.4) is 0 Å². The largest absolute Gasteiger partial charge is 0.464 e. The molecule has 0 aliphatic heterocycles. The number of hydrogen-bond acceptors (Lipinski definition) is 6. The van der Waals surface area contributed by atoms with Gasteiger partial charge in [0.05, 0.1) is 11.6 Å². The minimum Gasteiger partial charge on any atom is -0.464 e. The van der Waals surface area contributed by atoms with Crippen molar-refractivity contribution in [3.05, 3.63) is 25.8 Å². The second kappa shape index (κ2) is 5.56. The quantitative estimate of drug-likeness (QED) is 0.568. The summed E-state index contributed by atoms with van der Waals surface area (Å²) >= 11 is 7.59. The van der Waals surface area contributed by atoms with Crippen LogP contribution in [0.15, 0.2) is 19.6 Å². The monoisotopic (exact) mass is 407 g/mol. The lowest BCUT2D eigenvalue weighted by atomic mass is 10.3. The van der Waals surface area contributed by atoms with Crippen LogP contribution in [-0.2, 0) is 4.74 Å². The van der Waals surface area contributed by atoms with E-state index in [1.807, 2.05) is 0 Å². The summed E-state index contributed by atoms with van der Waals surface area (Å²) in [5.41, 5.74) is 0.0126.